The number of rotatable bonds is 8. The first-order chi connectivity index (χ1) is 25.1. The molecule has 0 aromatic heterocycles. The molecule has 8 aromatic rings. The van der Waals surface area contributed by atoms with Crippen molar-refractivity contribution in [2.75, 3.05) is 19.1 Å². The van der Waals surface area contributed by atoms with E-state index in [1.54, 1.807) is 14.2 Å². The summed E-state index contributed by atoms with van der Waals surface area (Å²) in [4.78, 5) is 2.30. The topological polar surface area (TPSA) is 21.7 Å². The number of aryl methyl sites for hydroxylation is 6. The van der Waals surface area contributed by atoms with E-state index in [4.69, 9.17) is 9.47 Å². The molecule has 0 radical (unpaired) electrons. The van der Waals surface area contributed by atoms with Crippen LogP contribution in [-0.2, 0) is 0 Å². The summed E-state index contributed by atoms with van der Waals surface area (Å²) < 4.78 is 11.0. The lowest BCUT2D eigenvalue weighted by Crippen LogP contribution is -2.55. The highest BCUT2D eigenvalue weighted by Gasteiger charge is 2.29. The maximum atomic E-state index is 5.49. The first-order valence-electron chi connectivity index (χ1n) is 18.1. The predicted octanol–water partition coefficient (Wildman–Crippen LogP) is 10.4. The molecule has 3 nitrogen and oxygen atoms in total. The van der Waals surface area contributed by atoms with E-state index in [9.17, 15) is 0 Å². The van der Waals surface area contributed by atoms with Crippen LogP contribution in [0.25, 0.3) is 32.3 Å². The van der Waals surface area contributed by atoms with Crippen molar-refractivity contribution in [3.05, 3.63) is 155 Å². The maximum Gasteiger partial charge on any atom is 0.242 e. The Morgan fingerprint density at radius 3 is 1.10 bits per heavy atom. The normalized spacial score (nSPS) is 11.5. The van der Waals surface area contributed by atoms with Crippen molar-refractivity contribution in [3.63, 3.8) is 0 Å². The number of hydrogen-bond acceptors (Lipinski definition) is 3. The second-order valence-corrected chi connectivity index (χ2v) is 14.5. The summed E-state index contributed by atoms with van der Waals surface area (Å²) >= 11 is 0. The second kappa shape index (κ2) is 13.1. The van der Waals surface area contributed by atoms with Gasteiger partial charge in [0.15, 0.2) is 0 Å². The third-order valence-electron chi connectivity index (χ3n) is 10.8. The molecule has 0 atom stereocenters. The minimum absolute atomic E-state index is 0.122. The monoisotopic (exact) mass is 677 g/mol. The van der Waals surface area contributed by atoms with Crippen LogP contribution in [0.2, 0.25) is 0 Å². The van der Waals surface area contributed by atoms with E-state index in [0.717, 1.165) is 28.6 Å². The molecule has 0 aliphatic rings. The van der Waals surface area contributed by atoms with E-state index in [2.05, 4.69) is 144 Å². The molecule has 0 spiro atoms. The molecule has 52 heavy (non-hydrogen) atoms. The van der Waals surface area contributed by atoms with E-state index in [1.165, 1.54) is 82.1 Å². The Labute approximate surface area is 307 Å². The molecule has 0 fully saturated rings. The van der Waals surface area contributed by atoms with Gasteiger partial charge >= 0.3 is 0 Å². The van der Waals surface area contributed by atoms with Gasteiger partial charge in [0.05, 0.1) is 14.2 Å². The third kappa shape index (κ3) is 5.73. The van der Waals surface area contributed by atoms with Gasteiger partial charge in [-0.15, -0.1) is 0 Å². The SMILES string of the molecule is COc1ccc(N(c2ccc(OC)cc2)c2cc3ccc4cc(B(c5c(C)cc(C)cc5C)c5c(C)cc(C)cc5C)cc5ccc(c2)c3c45)cc1. The molecule has 0 saturated heterocycles. The molecule has 8 rings (SSSR count). The largest absolute Gasteiger partial charge is 0.497 e. The quantitative estimate of drug-likeness (QED) is 0.118. The molecule has 0 aliphatic carbocycles. The average Bonchev–Trinajstić information content (AvgIpc) is 3.13. The number of methoxy groups -OCH3 is 2. The molecule has 256 valence electrons. The summed E-state index contributed by atoms with van der Waals surface area (Å²) in [6, 6.07) is 44.7. The molecule has 0 aliphatic heterocycles. The van der Waals surface area contributed by atoms with E-state index in [1.807, 2.05) is 24.3 Å². The molecular weight excluding hydrogens is 633 g/mol. The minimum atomic E-state index is 0.122. The zero-order valence-corrected chi connectivity index (χ0v) is 31.4. The first kappa shape index (κ1) is 33.4. The summed E-state index contributed by atoms with van der Waals surface area (Å²) in [6.07, 6.45) is 0. The third-order valence-corrected chi connectivity index (χ3v) is 10.8. The van der Waals surface area contributed by atoms with Crippen LogP contribution in [0.5, 0.6) is 11.5 Å². The molecule has 0 unspecified atom stereocenters. The number of nitrogens with zero attached hydrogens (tertiary/aromatic N) is 1. The van der Waals surface area contributed by atoms with Crippen LogP contribution in [0, 0.1) is 41.5 Å². The van der Waals surface area contributed by atoms with Gasteiger partial charge < -0.3 is 14.4 Å². The Kier molecular flexibility index (Phi) is 8.42. The summed E-state index contributed by atoms with van der Waals surface area (Å²) in [5.41, 5.74) is 15.4. The lowest BCUT2D eigenvalue weighted by atomic mass is 9.34. The van der Waals surface area contributed by atoms with Crippen LogP contribution >= 0.6 is 0 Å². The van der Waals surface area contributed by atoms with Crippen molar-refractivity contribution in [2.45, 2.75) is 41.5 Å². The van der Waals surface area contributed by atoms with Gasteiger partial charge in [0.1, 0.15) is 11.5 Å². The minimum Gasteiger partial charge on any atom is -0.497 e. The number of hydrogen-bond donors (Lipinski definition) is 0. The predicted molar refractivity (Wildman–Crippen MR) is 224 cm³/mol. The number of ether oxygens (including phenoxy) is 2. The molecule has 0 heterocycles. The van der Waals surface area contributed by atoms with E-state index < -0.39 is 0 Å². The van der Waals surface area contributed by atoms with Crippen molar-refractivity contribution in [1.82, 2.24) is 0 Å². The van der Waals surface area contributed by atoms with Crippen molar-refractivity contribution < 1.29 is 9.47 Å². The molecule has 0 saturated carbocycles. The maximum absolute atomic E-state index is 5.49. The van der Waals surface area contributed by atoms with Crippen LogP contribution in [0.15, 0.2) is 121 Å². The van der Waals surface area contributed by atoms with Gasteiger partial charge in [-0.05, 0) is 135 Å². The number of benzene rings is 8. The fraction of sp³-hybridized carbons (Fsp3) is 0.167. The molecule has 0 N–H and O–H groups in total. The summed E-state index contributed by atoms with van der Waals surface area (Å²) in [5.74, 6) is 1.66. The van der Waals surface area contributed by atoms with E-state index in [-0.39, 0.29) is 6.71 Å². The first-order valence-corrected chi connectivity index (χ1v) is 18.1. The van der Waals surface area contributed by atoms with Crippen LogP contribution in [-0.4, -0.2) is 20.9 Å². The van der Waals surface area contributed by atoms with Crippen LogP contribution in [0.3, 0.4) is 0 Å². The van der Waals surface area contributed by atoms with Gasteiger partial charge in [0.25, 0.3) is 0 Å². The van der Waals surface area contributed by atoms with Gasteiger partial charge in [-0.2, -0.15) is 0 Å². The van der Waals surface area contributed by atoms with E-state index >= 15 is 0 Å². The van der Waals surface area contributed by atoms with Crippen molar-refractivity contribution in [1.29, 1.82) is 0 Å². The van der Waals surface area contributed by atoms with Gasteiger partial charge in [-0.25, -0.2) is 0 Å². The number of anilines is 3. The average molecular weight is 678 g/mol. The van der Waals surface area contributed by atoms with Gasteiger partial charge in [0, 0.05) is 17.1 Å². The van der Waals surface area contributed by atoms with Gasteiger partial charge in [-0.1, -0.05) is 110 Å². The Morgan fingerprint density at radius 1 is 0.404 bits per heavy atom. The van der Waals surface area contributed by atoms with Crippen molar-refractivity contribution in [3.8, 4) is 11.5 Å². The molecule has 0 amide bonds. The van der Waals surface area contributed by atoms with Crippen LogP contribution < -0.4 is 30.8 Å². The fourth-order valence-electron chi connectivity index (χ4n) is 8.82. The zero-order chi connectivity index (χ0) is 36.3. The van der Waals surface area contributed by atoms with Gasteiger partial charge in [0.2, 0.25) is 6.71 Å². The highest BCUT2D eigenvalue weighted by atomic mass is 16.5. The Hall–Kier alpha value is -5.74. The second-order valence-electron chi connectivity index (χ2n) is 14.5. The van der Waals surface area contributed by atoms with Gasteiger partial charge in [-0.3, -0.25) is 0 Å². The molecular formula is C48H44BNO2. The standard InChI is InChI=1S/C48H44BNO2/c1-29-21-31(3)47(32(4)22-29)49(48-33(5)23-30(2)24-34(48)6)39-25-35-9-11-37-27-42(28-38-12-10-36(26-39)45(35)46(37)38)50(40-13-17-43(51-7)18-14-40)41-15-19-44(52-8)20-16-41/h9-28H,1-8H3. The Bertz CT molecular complexity index is 2390. The molecule has 0 bridgehead atoms. The summed E-state index contributed by atoms with van der Waals surface area (Å²) in [7, 11) is 3.40. The lowest BCUT2D eigenvalue weighted by molar-refractivity contribution is 0.415. The van der Waals surface area contributed by atoms with Crippen molar-refractivity contribution >= 4 is 72.5 Å². The van der Waals surface area contributed by atoms with Crippen molar-refractivity contribution in [2.24, 2.45) is 0 Å². The van der Waals surface area contributed by atoms with Crippen LogP contribution in [0.4, 0.5) is 17.1 Å². The highest BCUT2D eigenvalue weighted by molar-refractivity contribution is 6.96. The lowest BCUT2D eigenvalue weighted by Gasteiger charge is -2.27. The Balaban J connectivity index is 1.32. The van der Waals surface area contributed by atoms with E-state index in [0.29, 0.717) is 0 Å². The molecule has 8 aromatic carbocycles. The zero-order valence-electron chi connectivity index (χ0n) is 31.4. The smallest absolute Gasteiger partial charge is 0.242 e. The van der Waals surface area contributed by atoms with Crippen LogP contribution in [0.1, 0.15) is 33.4 Å². The summed E-state index contributed by atoms with van der Waals surface area (Å²) in [6.45, 7) is 13.7. The fourth-order valence-corrected chi connectivity index (χ4v) is 8.82. The molecule has 4 heteroatoms. The summed E-state index contributed by atoms with van der Waals surface area (Å²) in [5, 5.41) is 7.61. The highest BCUT2D eigenvalue weighted by Crippen LogP contribution is 2.42. The Morgan fingerprint density at radius 2 is 0.750 bits per heavy atom.